The summed E-state index contributed by atoms with van der Waals surface area (Å²) >= 11 is 0. The summed E-state index contributed by atoms with van der Waals surface area (Å²) in [5.74, 6) is 1.05. The van der Waals surface area contributed by atoms with E-state index in [9.17, 15) is 4.79 Å². The van der Waals surface area contributed by atoms with Crippen LogP contribution in [0.25, 0.3) is 0 Å². The van der Waals surface area contributed by atoms with Gasteiger partial charge in [0.15, 0.2) is 11.5 Å². The van der Waals surface area contributed by atoms with Crippen molar-refractivity contribution in [1.29, 1.82) is 0 Å². The first-order valence-corrected chi connectivity index (χ1v) is 7.44. The minimum Gasteiger partial charge on any atom is -0.493 e. The predicted octanol–water partition coefficient (Wildman–Crippen LogP) is 2.09. The quantitative estimate of drug-likeness (QED) is 0.833. The third-order valence-electron chi connectivity index (χ3n) is 4.03. The zero-order chi connectivity index (χ0) is 15.2. The van der Waals surface area contributed by atoms with Crippen LogP contribution in [0.15, 0.2) is 18.2 Å². The number of methoxy groups -OCH3 is 2. The lowest BCUT2D eigenvalue weighted by Crippen LogP contribution is -2.46. The smallest absolute Gasteiger partial charge is 0.251 e. The number of hydrogen-bond donors (Lipinski definition) is 2. The molecule has 21 heavy (non-hydrogen) atoms. The van der Waals surface area contributed by atoms with E-state index in [1.54, 1.807) is 32.4 Å². The maximum Gasteiger partial charge on any atom is 0.251 e. The first kappa shape index (κ1) is 15.6. The number of carbonyl (C=O) groups excluding carboxylic acids is 1. The van der Waals surface area contributed by atoms with Crippen LogP contribution in [0.1, 0.15) is 42.5 Å². The highest BCUT2D eigenvalue weighted by Crippen LogP contribution is 2.27. The number of nitrogens with two attached hydrogens (primary N) is 1. The van der Waals surface area contributed by atoms with Crippen LogP contribution < -0.4 is 20.5 Å². The molecule has 3 N–H and O–H groups in total. The van der Waals surface area contributed by atoms with Crippen LogP contribution in [0.3, 0.4) is 0 Å². The molecule has 1 aromatic carbocycles. The zero-order valence-corrected chi connectivity index (χ0v) is 12.7. The van der Waals surface area contributed by atoms with Crippen molar-refractivity contribution >= 4 is 5.91 Å². The van der Waals surface area contributed by atoms with Gasteiger partial charge in [-0.15, -0.1) is 0 Å². The first-order valence-electron chi connectivity index (χ1n) is 7.44. The summed E-state index contributed by atoms with van der Waals surface area (Å²) in [6.07, 6.45) is 5.36. The first-order chi connectivity index (χ1) is 10.2. The third-order valence-corrected chi connectivity index (χ3v) is 4.03. The lowest BCUT2D eigenvalue weighted by molar-refractivity contribution is 0.0928. The van der Waals surface area contributed by atoms with Gasteiger partial charge in [-0.3, -0.25) is 4.79 Å². The fraction of sp³-hybridized carbons (Fsp3) is 0.562. The van der Waals surface area contributed by atoms with Crippen LogP contribution in [-0.4, -0.2) is 32.2 Å². The van der Waals surface area contributed by atoms with Crippen molar-refractivity contribution in [2.45, 2.75) is 44.2 Å². The molecule has 1 fully saturated rings. The zero-order valence-electron chi connectivity index (χ0n) is 12.7. The average Bonchev–Trinajstić information content (AvgIpc) is 2.71. The van der Waals surface area contributed by atoms with Crippen molar-refractivity contribution in [3.8, 4) is 11.5 Å². The van der Waals surface area contributed by atoms with Gasteiger partial charge in [-0.2, -0.15) is 0 Å². The van der Waals surface area contributed by atoms with E-state index in [-0.39, 0.29) is 18.0 Å². The van der Waals surface area contributed by atoms with E-state index in [0.29, 0.717) is 17.1 Å². The maximum atomic E-state index is 12.4. The maximum absolute atomic E-state index is 12.4. The lowest BCUT2D eigenvalue weighted by atomic mass is 10.0. The highest BCUT2D eigenvalue weighted by Gasteiger charge is 2.22. The molecular weight excluding hydrogens is 268 g/mol. The molecule has 1 aliphatic carbocycles. The molecule has 116 valence electrons. The SMILES string of the molecule is COc1ccc(C(=O)NC2CCCCCC2N)cc1OC. The van der Waals surface area contributed by atoms with E-state index in [1.165, 1.54) is 6.42 Å². The molecule has 1 saturated carbocycles. The Kier molecular flexibility index (Phi) is 5.44. The third kappa shape index (κ3) is 3.88. The van der Waals surface area contributed by atoms with E-state index >= 15 is 0 Å². The van der Waals surface area contributed by atoms with Crippen molar-refractivity contribution in [2.24, 2.45) is 5.73 Å². The van der Waals surface area contributed by atoms with Gasteiger partial charge in [-0.1, -0.05) is 19.3 Å². The molecule has 1 amide bonds. The van der Waals surface area contributed by atoms with Crippen molar-refractivity contribution in [1.82, 2.24) is 5.32 Å². The molecule has 2 unspecified atom stereocenters. The van der Waals surface area contributed by atoms with Crippen molar-refractivity contribution in [2.75, 3.05) is 14.2 Å². The van der Waals surface area contributed by atoms with E-state index in [1.807, 2.05) is 0 Å². The second-order valence-electron chi connectivity index (χ2n) is 5.45. The molecule has 2 rings (SSSR count). The van der Waals surface area contributed by atoms with Crippen molar-refractivity contribution in [3.05, 3.63) is 23.8 Å². The van der Waals surface area contributed by atoms with E-state index in [0.717, 1.165) is 25.7 Å². The van der Waals surface area contributed by atoms with Crippen LogP contribution in [0.4, 0.5) is 0 Å². The molecule has 0 bridgehead atoms. The van der Waals surface area contributed by atoms with Gasteiger partial charge in [-0.25, -0.2) is 0 Å². The molecule has 0 spiro atoms. The Hall–Kier alpha value is -1.75. The van der Waals surface area contributed by atoms with Crippen LogP contribution in [0.5, 0.6) is 11.5 Å². The minimum absolute atomic E-state index is 0.0385. The Morgan fingerprint density at radius 3 is 2.57 bits per heavy atom. The van der Waals surface area contributed by atoms with Crippen LogP contribution >= 0.6 is 0 Å². The van der Waals surface area contributed by atoms with Crippen molar-refractivity contribution < 1.29 is 14.3 Å². The van der Waals surface area contributed by atoms with Gasteiger partial charge in [0.2, 0.25) is 0 Å². The number of amides is 1. The van der Waals surface area contributed by atoms with Gasteiger partial charge >= 0.3 is 0 Å². The van der Waals surface area contributed by atoms with E-state index < -0.39 is 0 Å². The fourth-order valence-corrected chi connectivity index (χ4v) is 2.74. The van der Waals surface area contributed by atoms with Gasteiger partial charge in [-0.05, 0) is 31.0 Å². The molecule has 2 atom stereocenters. The molecule has 5 nitrogen and oxygen atoms in total. The minimum atomic E-state index is -0.113. The molecule has 5 heteroatoms. The average molecular weight is 292 g/mol. The molecule has 1 aromatic rings. The molecule has 0 radical (unpaired) electrons. The van der Waals surface area contributed by atoms with Gasteiger partial charge in [0.25, 0.3) is 5.91 Å². The molecule has 0 aromatic heterocycles. The highest BCUT2D eigenvalue weighted by molar-refractivity contribution is 5.95. The summed E-state index contributed by atoms with van der Waals surface area (Å²) in [7, 11) is 3.13. The number of benzene rings is 1. The van der Waals surface area contributed by atoms with Crippen LogP contribution in [-0.2, 0) is 0 Å². The fourth-order valence-electron chi connectivity index (χ4n) is 2.74. The summed E-state index contributed by atoms with van der Waals surface area (Å²) in [5, 5.41) is 3.05. The second kappa shape index (κ2) is 7.31. The monoisotopic (exact) mass is 292 g/mol. The van der Waals surface area contributed by atoms with Gasteiger partial charge < -0.3 is 20.5 Å². The second-order valence-corrected chi connectivity index (χ2v) is 5.45. The number of carbonyl (C=O) groups is 1. The van der Waals surface area contributed by atoms with E-state index in [4.69, 9.17) is 15.2 Å². The molecular formula is C16H24N2O3. The summed E-state index contributed by atoms with van der Waals surface area (Å²) in [6.45, 7) is 0. The van der Waals surface area contributed by atoms with Gasteiger partial charge in [0, 0.05) is 17.6 Å². The summed E-state index contributed by atoms with van der Waals surface area (Å²) in [5.41, 5.74) is 6.71. The van der Waals surface area contributed by atoms with E-state index in [2.05, 4.69) is 5.32 Å². The molecule has 0 saturated heterocycles. The van der Waals surface area contributed by atoms with Crippen LogP contribution in [0, 0.1) is 0 Å². The Balaban J connectivity index is 2.08. The Bertz CT molecular complexity index is 490. The lowest BCUT2D eigenvalue weighted by Gasteiger charge is -2.23. The molecule has 0 aliphatic heterocycles. The summed E-state index contributed by atoms with van der Waals surface area (Å²) in [4.78, 5) is 12.4. The molecule has 1 aliphatic rings. The van der Waals surface area contributed by atoms with Gasteiger partial charge in [0.1, 0.15) is 0 Å². The standard InChI is InChI=1S/C16H24N2O3/c1-20-14-9-8-11(10-15(14)21-2)16(19)18-13-7-5-3-4-6-12(13)17/h8-10,12-13H,3-7,17H2,1-2H3,(H,18,19). The van der Waals surface area contributed by atoms with Crippen molar-refractivity contribution in [3.63, 3.8) is 0 Å². The summed E-state index contributed by atoms with van der Waals surface area (Å²) in [6, 6.07) is 5.25. The number of hydrogen-bond acceptors (Lipinski definition) is 4. The number of rotatable bonds is 4. The topological polar surface area (TPSA) is 73.6 Å². The predicted molar refractivity (Wildman–Crippen MR) is 81.9 cm³/mol. The molecule has 0 heterocycles. The Morgan fingerprint density at radius 2 is 1.86 bits per heavy atom. The summed E-state index contributed by atoms with van der Waals surface area (Å²) < 4.78 is 10.4. The number of ether oxygens (including phenoxy) is 2. The largest absolute Gasteiger partial charge is 0.493 e. The highest BCUT2D eigenvalue weighted by atomic mass is 16.5. The normalized spacial score (nSPS) is 22.2. The Labute approximate surface area is 125 Å². The Morgan fingerprint density at radius 1 is 1.14 bits per heavy atom. The number of nitrogens with one attached hydrogen (secondary N) is 1. The van der Waals surface area contributed by atoms with Gasteiger partial charge in [0.05, 0.1) is 14.2 Å². The van der Waals surface area contributed by atoms with Crippen LogP contribution in [0.2, 0.25) is 0 Å².